The van der Waals surface area contributed by atoms with E-state index in [1.807, 2.05) is 24.9 Å². The molecular weight excluding hydrogens is 562 g/mol. The summed E-state index contributed by atoms with van der Waals surface area (Å²) in [4.78, 5) is 25.2. The molecule has 2 aliphatic heterocycles. The number of hydrogen-bond donors (Lipinski definition) is 1. The maximum Gasteiger partial charge on any atom is 0.236 e. The summed E-state index contributed by atoms with van der Waals surface area (Å²) in [5.74, 6) is -0.844. The molecule has 2 aliphatic rings. The first kappa shape index (κ1) is 28.0. The van der Waals surface area contributed by atoms with Crippen LogP contribution in [0.25, 0.3) is 16.8 Å². The third-order valence-corrected chi connectivity index (χ3v) is 8.86. The molecule has 2 saturated heterocycles. The number of fused-ring (bicyclic) bond motifs is 1. The average molecular weight is 593 g/mol. The van der Waals surface area contributed by atoms with Crippen molar-refractivity contribution in [1.29, 1.82) is 5.26 Å². The molecule has 0 unspecified atom stereocenters. The molecule has 1 aromatic carbocycles. The summed E-state index contributed by atoms with van der Waals surface area (Å²) in [6.45, 7) is 5.62. The highest BCUT2D eigenvalue weighted by molar-refractivity contribution is 7.16. The van der Waals surface area contributed by atoms with E-state index in [4.69, 9.17) is 4.98 Å². The summed E-state index contributed by atoms with van der Waals surface area (Å²) in [7, 11) is 1.82. The highest BCUT2D eigenvalue weighted by Crippen LogP contribution is 2.39. The molecule has 10 nitrogen and oxygen atoms in total. The second-order valence-electron chi connectivity index (χ2n) is 10.5. The Bertz CT molecular complexity index is 1670. The number of aromatic nitrogens is 3. The van der Waals surface area contributed by atoms with Gasteiger partial charge < -0.3 is 19.8 Å². The average Bonchev–Trinajstić information content (AvgIpc) is 3.58. The summed E-state index contributed by atoms with van der Waals surface area (Å²) in [6, 6.07) is 11.4. The standard InChI is InChI=1S/C29H30F2N8O2S/c1-3-22-28(35(2)29-33-27(24(14-32)42-29)18-4-6-19(30)7-5-18)23-12-20(13-25(31)39(23)34-22)37-10-8-36(9-11-37)17-26(41)38-15-21(40)16-38/h4-7,12-13,21,40H,3,8-11,15-17H2,1-2H3. The van der Waals surface area contributed by atoms with Crippen LogP contribution in [-0.2, 0) is 11.2 Å². The molecule has 0 radical (unpaired) electrons. The number of aliphatic hydroxyl groups is 1. The van der Waals surface area contributed by atoms with Gasteiger partial charge in [0, 0.05) is 63.6 Å². The monoisotopic (exact) mass is 592 g/mol. The first-order chi connectivity index (χ1) is 20.2. The number of β-amino-alcohol motifs (C(OH)–C–C–N with tert-alkyl or cyclic N) is 1. The lowest BCUT2D eigenvalue weighted by atomic mass is 10.1. The summed E-state index contributed by atoms with van der Waals surface area (Å²) in [6.07, 6.45) is 0.134. The van der Waals surface area contributed by atoms with Crippen LogP contribution in [0.15, 0.2) is 36.4 Å². The van der Waals surface area contributed by atoms with Crippen molar-refractivity contribution in [2.24, 2.45) is 0 Å². The Labute approximate surface area is 245 Å². The smallest absolute Gasteiger partial charge is 0.236 e. The van der Waals surface area contributed by atoms with Crippen molar-refractivity contribution in [2.45, 2.75) is 19.4 Å². The predicted octanol–water partition coefficient (Wildman–Crippen LogP) is 3.26. The number of likely N-dealkylation sites (tertiary alicyclic amines) is 1. The summed E-state index contributed by atoms with van der Waals surface area (Å²) < 4.78 is 30.3. The van der Waals surface area contributed by atoms with Gasteiger partial charge in [0.15, 0.2) is 5.13 Å². The third kappa shape index (κ3) is 5.17. The minimum Gasteiger partial charge on any atom is -0.389 e. The Kier molecular flexibility index (Phi) is 7.53. The van der Waals surface area contributed by atoms with Gasteiger partial charge in [-0.15, -0.1) is 0 Å². The second kappa shape index (κ2) is 11.3. The fourth-order valence-electron chi connectivity index (χ4n) is 5.46. The van der Waals surface area contributed by atoms with Crippen LogP contribution in [0.3, 0.4) is 0 Å². The SMILES string of the molecule is CCc1nn2c(F)cc(N3CCN(CC(=O)N4CC(O)C4)CC3)cc2c1N(C)c1nc(-c2ccc(F)cc2)c(C#N)s1. The third-order valence-electron chi connectivity index (χ3n) is 7.82. The van der Waals surface area contributed by atoms with Crippen molar-refractivity contribution in [2.75, 3.05) is 62.7 Å². The molecule has 2 fully saturated rings. The highest BCUT2D eigenvalue weighted by atomic mass is 32.1. The van der Waals surface area contributed by atoms with Crippen molar-refractivity contribution >= 4 is 39.3 Å². The lowest BCUT2D eigenvalue weighted by molar-refractivity contribution is -0.142. The maximum absolute atomic E-state index is 15.5. The number of nitriles is 1. The number of amides is 1. The van der Waals surface area contributed by atoms with Crippen LogP contribution in [-0.4, -0.2) is 94.4 Å². The number of halogens is 2. The van der Waals surface area contributed by atoms with Gasteiger partial charge in [-0.05, 0) is 36.8 Å². The summed E-state index contributed by atoms with van der Waals surface area (Å²) in [5.41, 5.74) is 3.78. The van der Waals surface area contributed by atoms with Crippen LogP contribution in [0, 0.1) is 23.1 Å². The molecule has 0 aliphatic carbocycles. The molecular formula is C29H30F2N8O2S. The van der Waals surface area contributed by atoms with E-state index >= 15 is 4.39 Å². The van der Waals surface area contributed by atoms with Gasteiger partial charge in [-0.2, -0.15) is 14.8 Å². The zero-order chi connectivity index (χ0) is 29.5. The Hall–Kier alpha value is -4.12. The van der Waals surface area contributed by atoms with E-state index < -0.39 is 12.1 Å². The first-order valence-electron chi connectivity index (χ1n) is 13.8. The van der Waals surface area contributed by atoms with E-state index in [1.54, 1.807) is 17.0 Å². The van der Waals surface area contributed by atoms with Gasteiger partial charge in [0.2, 0.25) is 11.9 Å². The zero-order valence-electron chi connectivity index (χ0n) is 23.3. The van der Waals surface area contributed by atoms with E-state index in [-0.39, 0.29) is 11.7 Å². The first-order valence-corrected chi connectivity index (χ1v) is 14.6. The van der Waals surface area contributed by atoms with Crippen LogP contribution in [0.5, 0.6) is 0 Å². The van der Waals surface area contributed by atoms with Crippen LogP contribution in [0.2, 0.25) is 0 Å². The van der Waals surface area contributed by atoms with Gasteiger partial charge >= 0.3 is 0 Å². The number of hydrogen-bond acceptors (Lipinski definition) is 9. The van der Waals surface area contributed by atoms with E-state index in [0.29, 0.717) is 90.4 Å². The van der Waals surface area contributed by atoms with E-state index in [0.717, 1.165) is 5.69 Å². The molecule has 0 bridgehead atoms. The van der Waals surface area contributed by atoms with Gasteiger partial charge in [-0.3, -0.25) is 9.69 Å². The van der Waals surface area contributed by atoms with Crippen LogP contribution in [0.1, 0.15) is 17.5 Å². The Morgan fingerprint density at radius 1 is 1.17 bits per heavy atom. The van der Waals surface area contributed by atoms with E-state index in [9.17, 15) is 19.6 Å². The minimum absolute atomic E-state index is 0.0181. The number of piperazine rings is 1. The molecule has 0 saturated carbocycles. The quantitative estimate of drug-likeness (QED) is 0.326. The van der Waals surface area contributed by atoms with E-state index in [2.05, 4.69) is 21.0 Å². The number of aliphatic hydroxyl groups excluding tert-OH is 1. The van der Waals surface area contributed by atoms with Crippen molar-refractivity contribution < 1.29 is 18.7 Å². The van der Waals surface area contributed by atoms with Crippen LogP contribution < -0.4 is 9.80 Å². The largest absolute Gasteiger partial charge is 0.389 e. The summed E-state index contributed by atoms with van der Waals surface area (Å²) in [5, 5.41) is 24.3. The number of aryl methyl sites for hydroxylation is 1. The van der Waals surface area contributed by atoms with Gasteiger partial charge in [-0.1, -0.05) is 18.3 Å². The van der Waals surface area contributed by atoms with Crippen molar-refractivity contribution in [1.82, 2.24) is 24.4 Å². The number of nitrogens with zero attached hydrogens (tertiary/aromatic N) is 8. The highest BCUT2D eigenvalue weighted by Gasteiger charge is 2.31. The number of carbonyl (C=O) groups is 1. The maximum atomic E-state index is 15.5. The molecule has 218 valence electrons. The Balaban J connectivity index is 1.27. The molecule has 13 heteroatoms. The summed E-state index contributed by atoms with van der Waals surface area (Å²) >= 11 is 1.21. The van der Waals surface area contributed by atoms with Gasteiger partial charge in [0.05, 0.1) is 29.5 Å². The van der Waals surface area contributed by atoms with Crippen molar-refractivity contribution in [3.63, 3.8) is 0 Å². The van der Waals surface area contributed by atoms with Gasteiger partial charge in [0.25, 0.3) is 0 Å². The number of benzene rings is 1. The van der Waals surface area contributed by atoms with Gasteiger partial charge in [0.1, 0.15) is 22.5 Å². The molecule has 5 heterocycles. The van der Waals surface area contributed by atoms with Crippen LogP contribution >= 0.6 is 11.3 Å². The number of thiazole rings is 1. The molecule has 0 atom stereocenters. The fraction of sp³-hybridized carbons (Fsp3) is 0.379. The van der Waals surface area contributed by atoms with E-state index in [1.165, 1.54) is 34.1 Å². The zero-order valence-corrected chi connectivity index (χ0v) is 24.1. The van der Waals surface area contributed by atoms with Gasteiger partial charge in [-0.25, -0.2) is 13.9 Å². The molecule has 1 N–H and O–H groups in total. The van der Waals surface area contributed by atoms with Crippen molar-refractivity contribution in [3.8, 4) is 17.3 Å². The Morgan fingerprint density at radius 2 is 1.88 bits per heavy atom. The lowest BCUT2D eigenvalue weighted by Gasteiger charge is -2.39. The Morgan fingerprint density at radius 3 is 2.52 bits per heavy atom. The normalized spacial score (nSPS) is 16.1. The minimum atomic E-state index is -0.491. The molecule has 42 heavy (non-hydrogen) atoms. The molecule has 6 rings (SSSR count). The fourth-order valence-corrected chi connectivity index (χ4v) is 6.31. The molecule has 4 aromatic rings. The molecule has 0 spiro atoms. The number of pyridine rings is 1. The predicted molar refractivity (Wildman–Crippen MR) is 156 cm³/mol. The number of carbonyl (C=O) groups excluding carboxylic acids is 1. The van der Waals surface area contributed by atoms with Crippen molar-refractivity contribution in [3.05, 3.63) is 58.7 Å². The topological polar surface area (TPSA) is 104 Å². The molecule has 3 aromatic heterocycles. The number of rotatable bonds is 7. The second-order valence-corrected chi connectivity index (χ2v) is 11.5. The molecule has 1 amide bonds. The van der Waals surface area contributed by atoms with Crippen LogP contribution in [0.4, 0.5) is 25.3 Å². The number of anilines is 3. The lowest BCUT2D eigenvalue weighted by Crippen LogP contribution is -2.57.